The number of aromatic nitrogens is 3. The number of hydrogen-bond donors (Lipinski definition) is 1. The Balaban J connectivity index is 2.09. The van der Waals surface area contributed by atoms with Crippen molar-refractivity contribution in [1.29, 1.82) is 0 Å². The van der Waals surface area contributed by atoms with Crippen LogP contribution >= 0.6 is 15.9 Å². The highest BCUT2D eigenvalue weighted by Crippen LogP contribution is 2.29. The molecular formula is C10H10BrN3O2. The molecule has 84 valence electrons. The van der Waals surface area contributed by atoms with Crippen LogP contribution in [0.5, 0.6) is 0 Å². The summed E-state index contributed by atoms with van der Waals surface area (Å²) < 4.78 is 8.02. The zero-order valence-corrected chi connectivity index (χ0v) is 10.0. The largest absolute Gasteiger partial charge is 0.446 e. The molecule has 1 aliphatic rings. The number of furan rings is 1. The molecule has 6 heteroatoms. The van der Waals surface area contributed by atoms with Gasteiger partial charge in [-0.25, -0.2) is 0 Å². The summed E-state index contributed by atoms with van der Waals surface area (Å²) in [6, 6.07) is 3.65. The molecule has 5 nitrogen and oxygen atoms in total. The fourth-order valence-corrected chi connectivity index (χ4v) is 2.28. The van der Waals surface area contributed by atoms with Gasteiger partial charge >= 0.3 is 0 Å². The smallest absolute Gasteiger partial charge is 0.199 e. The summed E-state index contributed by atoms with van der Waals surface area (Å²) in [5.41, 5.74) is 0. The third-order valence-corrected chi connectivity index (χ3v) is 3.16. The monoisotopic (exact) mass is 283 g/mol. The second-order valence-corrected chi connectivity index (χ2v) is 4.58. The number of rotatable bonds is 1. The molecule has 2 aromatic heterocycles. The van der Waals surface area contributed by atoms with E-state index in [1.807, 2.05) is 16.7 Å². The number of halogens is 1. The van der Waals surface area contributed by atoms with Gasteiger partial charge in [0.2, 0.25) is 0 Å². The van der Waals surface area contributed by atoms with Crippen molar-refractivity contribution in [2.45, 2.75) is 25.5 Å². The van der Waals surface area contributed by atoms with E-state index in [1.165, 1.54) is 0 Å². The summed E-state index contributed by atoms with van der Waals surface area (Å²) in [6.45, 7) is 0.826. The summed E-state index contributed by atoms with van der Waals surface area (Å²) in [5, 5.41) is 17.8. The van der Waals surface area contributed by atoms with Gasteiger partial charge in [0.15, 0.2) is 22.1 Å². The highest BCUT2D eigenvalue weighted by Gasteiger charge is 2.24. The van der Waals surface area contributed by atoms with Gasteiger partial charge in [-0.1, -0.05) is 0 Å². The van der Waals surface area contributed by atoms with E-state index >= 15 is 0 Å². The first-order valence-electron chi connectivity index (χ1n) is 5.12. The molecule has 1 aliphatic heterocycles. The average molecular weight is 284 g/mol. The van der Waals surface area contributed by atoms with E-state index in [-0.39, 0.29) is 0 Å². The maximum absolute atomic E-state index is 9.76. The van der Waals surface area contributed by atoms with Gasteiger partial charge in [0.1, 0.15) is 6.10 Å². The Morgan fingerprint density at radius 1 is 1.44 bits per heavy atom. The molecular weight excluding hydrogens is 274 g/mol. The van der Waals surface area contributed by atoms with Gasteiger partial charge in [-0.05, 0) is 40.9 Å². The number of nitrogens with zero attached hydrogens (tertiary/aromatic N) is 3. The van der Waals surface area contributed by atoms with Crippen LogP contribution in [0.15, 0.2) is 21.2 Å². The average Bonchev–Trinajstić information content (AvgIpc) is 2.84. The molecule has 1 N–H and O–H groups in total. The van der Waals surface area contributed by atoms with E-state index in [0.29, 0.717) is 22.1 Å². The Labute approximate surface area is 100 Å². The van der Waals surface area contributed by atoms with Crippen molar-refractivity contribution < 1.29 is 9.52 Å². The lowest BCUT2D eigenvalue weighted by atomic mass is 10.1. The minimum Gasteiger partial charge on any atom is -0.446 e. The summed E-state index contributed by atoms with van der Waals surface area (Å²) >= 11 is 3.25. The van der Waals surface area contributed by atoms with Gasteiger partial charge in [0, 0.05) is 6.54 Å². The molecule has 0 fully saturated rings. The maximum atomic E-state index is 9.76. The summed E-state index contributed by atoms with van der Waals surface area (Å²) in [7, 11) is 0. The minimum atomic E-state index is -0.506. The fraction of sp³-hybridized carbons (Fsp3) is 0.400. The SMILES string of the molecule is OC1CCCn2c(-c3ccc(Br)o3)nnc21. The Morgan fingerprint density at radius 2 is 2.31 bits per heavy atom. The van der Waals surface area contributed by atoms with Gasteiger partial charge in [0.25, 0.3) is 0 Å². The molecule has 0 bridgehead atoms. The topological polar surface area (TPSA) is 64.1 Å². The van der Waals surface area contributed by atoms with Crippen molar-refractivity contribution in [3.63, 3.8) is 0 Å². The van der Waals surface area contributed by atoms with Crippen LogP contribution in [-0.2, 0) is 6.54 Å². The molecule has 0 amide bonds. The van der Waals surface area contributed by atoms with Gasteiger partial charge < -0.3 is 14.1 Å². The quantitative estimate of drug-likeness (QED) is 0.871. The minimum absolute atomic E-state index is 0.506. The summed E-state index contributed by atoms with van der Waals surface area (Å²) in [6.07, 6.45) is 1.18. The number of aliphatic hydroxyl groups excluding tert-OH is 1. The molecule has 3 heterocycles. The van der Waals surface area contributed by atoms with E-state index in [9.17, 15) is 5.11 Å². The van der Waals surface area contributed by atoms with Gasteiger partial charge in [-0.2, -0.15) is 0 Å². The first kappa shape index (κ1) is 10.0. The Kier molecular flexibility index (Phi) is 2.33. The Hall–Kier alpha value is -1.14. The Bertz CT molecular complexity index is 520. The fourth-order valence-electron chi connectivity index (χ4n) is 1.97. The van der Waals surface area contributed by atoms with E-state index in [2.05, 4.69) is 26.1 Å². The van der Waals surface area contributed by atoms with E-state index in [1.54, 1.807) is 0 Å². The predicted octanol–water partition coefficient (Wildman–Crippen LogP) is 2.13. The number of aliphatic hydroxyl groups is 1. The second kappa shape index (κ2) is 3.71. The third kappa shape index (κ3) is 1.49. The molecule has 2 aromatic rings. The van der Waals surface area contributed by atoms with E-state index < -0.39 is 6.10 Å². The van der Waals surface area contributed by atoms with Crippen molar-refractivity contribution in [3.05, 3.63) is 22.6 Å². The highest BCUT2D eigenvalue weighted by atomic mass is 79.9. The molecule has 0 spiro atoms. The summed E-state index contributed by atoms with van der Waals surface area (Å²) in [4.78, 5) is 0. The van der Waals surface area contributed by atoms with Crippen molar-refractivity contribution in [2.75, 3.05) is 0 Å². The van der Waals surface area contributed by atoms with E-state index in [0.717, 1.165) is 19.4 Å². The molecule has 0 aliphatic carbocycles. The lowest BCUT2D eigenvalue weighted by Crippen LogP contribution is -2.16. The molecule has 1 unspecified atom stereocenters. The summed E-state index contributed by atoms with van der Waals surface area (Å²) in [5.74, 6) is 1.98. The van der Waals surface area contributed by atoms with Crippen molar-refractivity contribution in [1.82, 2.24) is 14.8 Å². The van der Waals surface area contributed by atoms with Crippen LogP contribution in [0.25, 0.3) is 11.6 Å². The molecule has 1 atom stereocenters. The molecule has 0 saturated carbocycles. The molecule has 0 aromatic carbocycles. The predicted molar refractivity (Wildman–Crippen MR) is 59.6 cm³/mol. The van der Waals surface area contributed by atoms with Crippen LogP contribution in [0.1, 0.15) is 24.8 Å². The number of fused-ring (bicyclic) bond motifs is 1. The lowest BCUT2D eigenvalue weighted by molar-refractivity contribution is 0.133. The van der Waals surface area contributed by atoms with E-state index in [4.69, 9.17) is 4.42 Å². The molecule has 0 saturated heterocycles. The first-order chi connectivity index (χ1) is 7.75. The standard InChI is InChI=1S/C10H10BrN3O2/c11-8-4-3-7(16-8)10-13-12-9-6(15)2-1-5-14(9)10/h3-4,6,15H,1-2,5H2. The zero-order valence-electron chi connectivity index (χ0n) is 8.43. The number of hydrogen-bond acceptors (Lipinski definition) is 4. The molecule has 16 heavy (non-hydrogen) atoms. The van der Waals surface area contributed by atoms with Crippen LogP contribution in [-0.4, -0.2) is 19.9 Å². The maximum Gasteiger partial charge on any atom is 0.199 e. The Morgan fingerprint density at radius 3 is 3.06 bits per heavy atom. The normalized spacial score (nSPS) is 19.8. The van der Waals surface area contributed by atoms with Crippen LogP contribution in [0, 0.1) is 0 Å². The van der Waals surface area contributed by atoms with Gasteiger partial charge in [-0.3, -0.25) is 0 Å². The molecule has 0 radical (unpaired) electrons. The van der Waals surface area contributed by atoms with Crippen LogP contribution < -0.4 is 0 Å². The van der Waals surface area contributed by atoms with Crippen LogP contribution in [0.2, 0.25) is 0 Å². The van der Waals surface area contributed by atoms with Gasteiger partial charge in [0.05, 0.1) is 0 Å². The van der Waals surface area contributed by atoms with Crippen molar-refractivity contribution >= 4 is 15.9 Å². The highest BCUT2D eigenvalue weighted by molar-refractivity contribution is 9.10. The van der Waals surface area contributed by atoms with Crippen LogP contribution in [0.3, 0.4) is 0 Å². The van der Waals surface area contributed by atoms with Crippen molar-refractivity contribution in [2.24, 2.45) is 0 Å². The third-order valence-electron chi connectivity index (χ3n) is 2.73. The van der Waals surface area contributed by atoms with Crippen LogP contribution in [0.4, 0.5) is 0 Å². The molecule has 3 rings (SSSR count). The van der Waals surface area contributed by atoms with Crippen molar-refractivity contribution in [3.8, 4) is 11.6 Å². The zero-order chi connectivity index (χ0) is 11.1. The lowest BCUT2D eigenvalue weighted by Gasteiger charge is -2.18. The second-order valence-electron chi connectivity index (χ2n) is 3.80. The van der Waals surface area contributed by atoms with Gasteiger partial charge in [-0.15, -0.1) is 10.2 Å². The first-order valence-corrected chi connectivity index (χ1v) is 5.92.